The van der Waals surface area contributed by atoms with Crippen LogP contribution >= 0.6 is 11.3 Å². The van der Waals surface area contributed by atoms with Crippen LogP contribution in [0.4, 0.5) is 17.3 Å². The number of thiophene rings is 1. The number of pyridine rings is 2. The van der Waals surface area contributed by atoms with Gasteiger partial charge in [0.15, 0.2) is 12.1 Å². The molecule has 6 heterocycles. The average Bonchev–Trinajstić information content (AvgIpc) is 3.67. The van der Waals surface area contributed by atoms with Gasteiger partial charge in [-0.25, -0.2) is 4.98 Å². The number of fused-ring (bicyclic) bond motifs is 4. The monoisotopic (exact) mass is 627 g/mol. The first kappa shape index (κ1) is 29.6. The van der Waals surface area contributed by atoms with E-state index in [0.29, 0.717) is 47.2 Å². The van der Waals surface area contributed by atoms with Crippen LogP contribution in [-0.2, 0) is 44.1 Å². The maximum atomic E-state index is 13.8. The zero-order chi connectivity index (χ0) is 31.5. The second-order valence-electron chi connectivity index (χ2n) is 12.9. The quantitative estimate of drug-likeness (QED) is 0.291. The van der Waals surface area contributed by atoms with E-state index in [1.54, 1.807) is 54.9 Å². The van der Waals surface area contributed by atoms with Crippen LogP contribution < -0.4 is 15.8 Å². The van der Waals surface area contributed by atoms with E-state index in [0.717, 1.165) is 62.3 Å². The second-order valence-corrected chi connectivity index (χ2v) is 14.1. The second kappa shape index (κ2) is 11.3. The van der Waals surface area contributed by atoms with Crippen LogP contribution in [0.2, 0.25) is 0 Å². The fourth-order valence-electron chi connectivity index (χ4n) is 6.89. The summed E-state index contributed by atoms with van der Waals surface area (Å²) in [5.41, 5.74) is 5.49. The van der Waals surface area contributed by atoms with E-state index in [9.17, 15) is 14.4 Å². The third kappa shape index (κ3) is 5.30. The lowest BCUT2D eigenvalue weighted by molar-refractivity contribution is 0.0983. The number of aryl methyl sites for hydroxylation is 1. The smallest absolute Gasteiger partial charge is 0.274 e. The van der Waals surface area contributed by atoms with E-state index in [1.165, 1.54) is 20.6 Å². The highest BCUT2D eigenvalue weighted by Gasteiger charge is 2.39. The Bertz CT molecular complexity index is 1890. The number of hydrogen-bond donors (Lipinski definition) is 1. The third-order valence-corrected chi connectivity index (χ3v) is 10.4. The third-order valence-electron chi connectivity index (χ3n) is 9.11. The lowest BCUT2D eigenvalue weighted by atomic mass is 9.89. The molecule has 2 aliphatic heterocycles. The Morgan fingerprint density at radius 2 is 1.98 bits per heavy atom. The van der Waals surface area contributed by atoms with E-state index in [4.69, 9.17) is 4.74 Å². The molecule has 1 N–H and O–H groups in total. The van der Waals surface area contributed by atoms with E-state index in [2.05, 4.69) is 34.1 Å². The van der Waals surface area contributed by atoms with Gasteiger partial charge in [0.1, 0.15) is 11.5 Å². The highest BCUT2D eigenvalue weighted by molar-refractivity contribution is 7.14. The van der Waals surface area contributed by atoms with Crippen LogP contribution in [0, 0.1) is 5.41 Å². The maximum absolute atomic E-state index is 13.8. The van der Waals surface area contributed by atoms with Gasteiger partial charge in [-0.15, -0.1) is 11.3 Å². The van der Waals surface area contributed by atoms with Gasteiger partial charge >= 0.3 is 0 Å². The Labute approximate surface area is 265 Å². The number of methoxy groups -OCH3 is 1. The van der Waals surface area contributed by atoms with Crippen LogP contribution in [0.1, 0.15) is 55.6 Å². The molecule has 1 amide bonds. The Morgan fingerprint density at radius 3 is 2.78 bits per heavy atom. The summed E-state index contributed by atoms with van der Waals surface area (Å²) in [6, 6.07) is 5.45. The summed E-state index contributed by atoms with van der Waals surface area (Å²) >= 11 is 1.60. The summed E-state index contributed by atoms with van der Waals surface area (Å²) in [6.07, 6.45) is 6.79. The van der Waals surface area contributed by atoms with Crippen molar-refractivity contribution in [1.29, 1.82) is 0 Å². The Kier molecular flexibility index (Phi) is 7.46. The van der Waals surface area contributed by atoms with Gasteiger partial charge in [0.25, 0.3) is 11.5 Å². The maximum Gasteiger partial charge on any atom is 0.274 e. The molecule has 0 bridgehead atoms. The van der Waals surface area contributed by atoms with Crippen LogP contribution in [0.3, 0.4) is 0 Å². The van der Waals surface area contributed by atoms with Crippen molar-refractivity contribution in [1.82, 2.24) is 24.2 Å². The van der Waals surface area contributed by atoms with Crippen molar-refractivity contribution in [3.63, 3.8) is 0 Å². The van der Waals surface area contributed by atoms with Crippen molar-refractivity contribution in [3.05, 3.63) is 73.1 Å². The molecule has 0 radical (unpaired) electrons. The topological polar surface area (TPSA) is 115 Å². The largest absolute Gasteiger partial charge is 0.383 e. The predicted octanol–water partition coefficient (Wildman–Crippen LogP) is 4.05. The molecular formula is C33H37N7O4S. The predicted molar refractivity (Wildman–Crippen MR) is 174 cm³/mol. The van der Waals surface area contributed by atoms with Gasteiger partial charge in [-0.1, -0.05) is 13.8 Å². The number of aldehydes is 1. The molecular weight excluding hydrogens is 590 g/mol. The van der Waals surface area contributed by atoms with Crippen molar-refractivity contribution in [2.24, 2.45) is 12.5 Å². The van der Waals surface area contributed by atoms with Gasteiger partial charge < -0.3 is 14.6 Å². The molecule has 234 valence electrons. The molecule has 3 aliphatic rings. The van der Waals surface area contributed by atoms with Gasteiger partial charge in [0.05, 0.1) is 29.3 Å². The molecule has 0 atom stereocenters. The molecule has 0 unspecified atom stereocenters. The SMILES string of the molecule is COCCN1CCn2nc(Nc3cc(-c4ccnc(N5CCc6c(sc7c6CC(C)(C)C7)C5=O)c4C=O)cn(C)c3=O)cc2C1. The van der Waals surface area contributed by atoms with Crippen LogP contribution in [0.15, 0.2) is 35.4 Å². The van der Waals surface area contributed by atoms with Gasteiger partial charge in [-0.05, 0) is 53.5 Å². The number of nitrogens with one attached hydrogen (secondary N) is 1. The molecule has 4 aromatic heterocycles. The number of anilines is 3. The normalized spacial score (nSPS) is 17.2. The first-order valence-electron chi connectivity index (χ1n) is 15.3. The number of hydrogen-bond acceptors (Lipinski definition) is 9. The van der Waals surface area contributed by atoms with Crippen molar-refractivity contribution >= 4 is 40.9 Å². The average molecular weight is 628 g/mol. The molecule has 0 fully saturated rings. The minimum absolute atomic E-state index is 0.103. The zero-order valence-electron chi connectivity index (χ0n) is 26.1. The Balaban J connectivity index is 1.18. The summed E-state index contributed by atoms with van der Waals surface area (Å²) in [7, 11) is 3.38. The lowest BCUT2D eigenvalue weighted by Gasteiger charge is -2.28. The van der Waals surface area contributed by atoms with Crippen molar-refractivity contribution in [3.8, 4) is 11.1 Å². The van der Waals surface area contributed by atoms with Crippen LogP contribution in [-0.4, -0.2) is 69.8 Å². The number of nitrogens with zero attached hydrogens (tertiary/aromatic N) is 6. The van der Waals surface area contributed by atoms with Crippen molar-refractivity contribution in [2.75, 3.05) is 43.6 Å². The molecule has 0 saturated heterocycles. The number of carbonyl (C=O) groups excluding carboxylic acids is 2. The highest BCUT2D eigenvalue weighted by Crippen LogP contribution is 2.46. The van der Waals surface area contributed by atoms with Crippen LogP contribution in [0.5, 0.6) is 0 Å². The van der Waals surface area contributed by atoms with Gasteiger partial charge in [-0.2, -0.15) is 5.10 Å². The van der Waals surface area contributed by atoms with E-state index in [1.807, 2.05) is 10.7 Å². The summed E-state index contributed by atoms with van der Waals surface area (Å²) in [6.45, 7) is 8.90. The van der Waals surface area contributed by atoms with Gasteiger partial charge in [0.2, 0.25) is 0 Å². The molecule has 1 aliphatic carbocycles. The summed E-state index contributed by atoms with van der Waals surface area (Å²) in [5, 5.41) is 7.91. The minimum atomic E-state index is -0.221. The fraction of sp³-hybridized carbons (Fsp3) is 0.424. The highest BCUT2D eigenvalue weighted by atomic mass is 32.1. The molecule has 12 heteroatoms. The molecule has 45 heavy (non-hydrogen) atoms. The van der Waals surface area contributed by atoms with E-state index in [-0.39, 0.29) is 16.9 Å². The lowest BCUT2D eigenvalue weighted by Crippen LogP contribution is -2.38. The molecule has 7 rings (SSSR count). The number of amides is 1. The standard InChI is InChI=1S/C33H37N7O4S/c1-33(2)15-24-23-6-8-39(32(43)29(23)45-27(24)16-33)30-25(19-41)22(5-7-34-30)20-13-26(31(42)37(3)17-20)35-28-14-21-18-38(11-12-44-4)9-10-40(21)36-28/h5,7,13-14,17,19H,6,8-12,15-16,18H2,1-4H3,(H,35,36). The summed E-state index contributed by atoms with van der Waals surface area (Å²) in [5.74, 6) is 0.823. The van der Waals surface area contributed by atoms with Crippen molar-refractivity contribution < 1.29 is 14.3 Å². The molecule has 0 aromatic carbocycles. The molecule has 4 aromatic rings. The fourth-order valence-corrected chi connectivity index (χ4v) is 8.46. The molecule has 0 spiro atoms. The zero-order valence-corrected chi connectivity index (χ0v) is 26.9. The first-order valence-corrected chi connectivity index (χ1v) is 16.1. The Hall–Kier alpha value is -4.13. The van der Waals surface area contributed by atoms with Crippen LogP contribution in [0.25, 0.3) is 11.1 Å². The van der Waals surface area contributed by atoms with Crippen molar-refractivity contribution in [2.45, 2.75) is 46.2 Å². The Morgan fingerprint density at radius 1 is 1.13 bits per heavy atom. The minimum Gasteiger partial charge on any atom is -0.383 e. The molecule has 0 saturated carbocycles. The number of rotatable bonds is 8. The summed E-state index contributed by atoms with van der Waals surface area (Å²) in [4.78, 5) is 50.2. The first-order chi connectivity index (χ1) is 21.7. The summed E-state index contributed by atoms with van der Waals surface area (Å²) < 4.78 is 8.68. The number of carbonyl (C=O) groups is 2. The molecule has 11 nitrogen and oxygen atoms in total. The van der Waals surface area contributed by atoms with E-state index >= 15 is 0 Å². The van der Waals surface area contributed by atoms with E-state index < -0.39 is 0 Å². The van der Waals surface area contributed by atoms with Gasteiger partial charge in [0, 0.05) is 69.2 Å². The number of aromatic nitrogens is 4. The number of ether oxygens (including phenoxy) is 1. The van der Waals surface area contributed by atoms with Gasteiger partial charge in [-0.3, -0.25) is 28.9 Å².